The van der Waals surface area contributed by atoms with E-state index < -0.39 is 41.7 Å². The lowest BCUT2D eigenvalue weighted by Gasteiger charge is -2.12. The van der Waals surface area contributed by atoms with Crippen LogP contribution in [0.1, 0.15) is 20.7 Å². The third kappa shape index (κ3) is 3.51. The molecule has 0 amide bonds. The smallest absolute Gasteiger partial charge is 0.345 e. The molecule has 156 valence electrons. The van der Waals surface area contributed by atoms with E-state index in [2.05, 4.69) is 0 Å². The van der Waals surface area contributed by atoms with Crippen LogP contribution in [0.4, 0.5) is 0 Å². The molecule has 0 saturated carbocycles. The number of phenolic OH excluding ortho intramolecular Hbond substituents is 4. The van der Waals surface area contributed by atoms with Crippen molar-refractivity contribution in [3.8, 4) is 23.0 Å². The summed E-state index contributed by atoms with van der Waals surface area (Å²) >= 11 is 0. The van der Waals surface area contributed by atoms with E-state index in [1.807, 2.05) is 0 Å². The van der Waals surface area contributed by atoms with E-state index in [9.17, 15) is 30.0 Å². The van der Waals surface area contributed by atoms with E-state index in [1.54, 1.807) is 48.5 Å². The number of aromatic hydroxyl groups is 4. The normalized spacial score (nSPS) is 10.8. The summed E-state index contributed by atoms with van der Waals surface area (Å²) in [6.45, 7) is -0.829. The van der Waals surface area contributed by atoms with Crippen molar-refractivity contribution in [2.24, 2.45) is 0 Å². The Hall–Kier alpha value is -4.46. The largest absolute Gasteiger partial charge is 0.504 e. The summed E-state index contributed by atoms with van der Waals surface area (Å²) in [7, 11) is 0. The van der Waals surface area contributed by atoms with Crippen molar-refractivity contribution in [1.82, 2.24) is 0 Å². The van der Waals surface area contributed by atoms with E-state index in [0.29, 0.717) is 21.5 Å². The second-order valence-corrected chi connectivity index (χ2v) is 6.66. The van der Waals surface area contributed by atoms with Crippen LogP contribution in [0.25, 0.3) is 21.5 Å². The Morgan fingerprint density at radius 3 is 1.45 bits per heavy atom. The molecule has 0 atom stereocenters. The van der Waals surface area contributed by atoms with Crippen LogP contribution < -0.4 is 0 Å². The molecule has 0 fully saturated rings. The van der Waals surface area contributed by atoms with Crippen LogP contribution in [-0.2, 0) is 9.47 Å². The molecule has 4 rings (SSSR count). The Bertz CT molecular complexity index is 1240. The topological polar surface area (TPSA) is 134 Å². The number of rotatable bonds is 4. The lowest BCUT2D eigenvalue weighted by atomic mass is 10.0. The minimum atomic E-state index is -1.03. The van der Waals surface area contributed by atoms with Gasteiger partial charge in [0.1, 0.15) is 11.1 Å². The molecule has 0 aliphatic carbocycles. The first-order valence-electron chi connectivity index (χ1n) is 9.10. The molecular formula is C23H16O8. The average molecular weight is 420 g/mol. The molecule has 0 aromatic heterocycles. The fourth-order valence-corrected chi connectivity index (χ4v) is 3.34. The van der Waals surface area contributed by atoms with Crippen LogP contribution >= 0.6 is 0 Å². The van der Waals surface area contributed by atoms with E-state index in [1.165, 1.54) is 12.1 Å². The van der Waals surface area contributed by atoms with Gasteiger partial charge in [0.2, 0.25) is 6.79 Å². The molecule has 8 heteroatoms. The zero-order chi connectivity index (χ0) is 22.1. The highest BCUT2D eigenvalue weighted by molar-refractivity contribution is 6.09. The van der Waals surface area contributed by atoms with Gasteiger partial charge in [0.25, 0.3) is 0 Å². The lowest BCUT2D eigenvalue weighted by Crippen LogP contribution is -2.14. The van der Waals surface area contributed by atoms with Gasteiger partial charge in [0.05, 0.1) is 0 Å². The van der Waals surface area contributed by atoms with Crippen LogP contribution in [0.3, 0.4) is 0 Å². The molecule has 4 N–H and O–H groups in total. The molecule has 0 unspecified atom stereocenters. The van der Waals surface area contributed by atoms with Gasteiger partial charge in [-0.15, -0.1) is 0 Å². The summed E-state index contributed by atoms with van der Waals surface area (Å²) in [6, 6.07) is 15.7. The van der Waals surface area contributed by atoms with Crippen molar-refractivity contribution >= 4 is 33.5 Å². The Labute approximate surface area is 175 Å². The Kier molecular flexibility index (Phi) is 4.96. The number of hydrogen-bond donors (Lipinski definition) is 4. The second-order valence-electron chi connectivity index (χ2n) is 6.66. The maximum atomic E-state index is 12.5. The fourth-order valence-electron chi connectivity index (χ4n) is 3.34. The maximum Gasteiger partial charge on any atom is 0.345 e. The van der Waals surface area contributed by atoms with Crippen molar-refractivity contribution in [1.29, 1.82) is 0 Å². The van der Waals surface area contributed by atoms with Gasteiger partial charge in [-0.1, -0.05) is 48.5 Å². The molecule has 0 aliphatic rings. The van der Waals surface area contributed by atoms with Gasteiger partial charge >= 0.3 is 11.9 Å². The SMILES string of the molecule is O=C(OCOC(=O)c1c(O)c(O)cc2ccccc12)c1c(O)c(O)cc2ccccc12. The van der Waals surface area contributed by atoms with Gasteiger partial charge in [0.15, 0.2) is 23.0 Å². The zero-order valence-electron chi connectivity index (χ0n) is 15.9. The number of phenols is 4. The van der Waals surface area contributed by atoms with Crippen molar-refractivity contribution in [3.05, 3.63) is 71.8 Å². The Morgan fingerprint density at radius 1 is 0.645 bits per heavy atom. The number of hydrogen-bond acceptors (Lipinski definition) is 8. The molecule has 4 aromatic carbocycles. The second kappa shape index (κ2) is 7.75. The zero-order valence-corrected chi connectivity index (χ0v) is 15.9. The minimum Gasteiger partial charge on any atom is -0.504 e. The number of carbonyl (C=O) groups excluding carboxylic acids is 2. The number of esters is 2. The van der Waals surface area contributed by atoms with Crippen molar-refractivity contribution in [2.45, 2.75) is 0 Å². The highest BCUT2D eigenvalue weighted by atomic mass is 16.7. The van der Waals surface area contributed by atoms with Crippen molar-refractivity contribution in [2.75, 3.05) is 6.79 Å². The van der Waals surface area contributed by atoms with E-state index in [0.717, 1.165) is 0 Å². The van der Waals surface area contributed by atoms with Gasteiger partial charge in [-0.2, -0.15) is 0 Å². The number of ether oxygens (including phenoxy) is 2. The van der Waals surface area contributed by atoms with E-state index >= 15 is 0 Å². The third-order valence-electron chi connectivity index (χ3n) is 4.79. The minimum absolute atomic E-state index is 0.280. The van der Waals surface area contributed by atoms with Gasteiger partial charge in [-0.25, -0.2) is 9.59 Å². The Morgan fingerprint density at radius 2 is 1.03 bits per heavy atom. The van der Waals surface area contributed by atoms with Crippen LogP contribution in [-0.4, -0.2) is 39.2 Å². The highest BCUT2D eigenvalue weighted by Crippen LogP contribution is 2.37. The van der Waals surface area contributed by atoms with Gasteiger partial charge < -0.3 is 29.9 Å². The standard InChI is InChI=1S/C23H16O8/c24-16-9-12-5-1-3-7-14(12)18(20(16)26)22(28)30-11-31-23(29)19-15-8-4-2-6-13(15)10-17(25)21(19)27/h1-10,24-27H,11H2. The number of carbonyl (C=O) groups is 2. The van der Waals surface area contributed by atoms with E-state index in [-0.39, 0.29) is 11.1 Å². The maximum absolute atomic E-state index is 12.5. The first kappa shape index (κ1) is 19.8. The predicted octanol–water partition coefficient (Wildman–Crippen LogP) is 3.79. The molecule has 0 aliphatic heterocycles. The molecule has 0 spiro atoms. The molecule has 0 bridgehead atoms. The van der Waals surface area contributed by atoms with Crippen LogP contribution in [0.5, 0.6) is 23.0 Å². The van der Waals surface area contributed by atoms with E-state index in [4.69, 9.17) is 9.47 Å². The fraction of sp³-hybridized carbons (Fsp3) is 0.0435. The number of fused-ring (bicyclic) bond motifs is 2. The summed E-state index contributed by atoms with van der Waals surface area (Å²) in [4.78, 5) is 25.0. The molecule has 0 heterocycles. The Balaban J connectivity index is 1.56. The highest BCUT2D eigenvalue weighted by Gasteiger charge is 2.23. The predicted molar refractivity (Wildman–Crippen MR) is 110 cm³/mol. The average Bonchev–Trinajstić information content (AvgIpc) is 2.75. The van der Waals surface area contributed by atoms with Crippen LogP contribution in [0.2, 0.25) is 0 Å². The van der Waals surface area contributed by atoms with Crippen molar-refractivity contribution < 1.29 is 39.5 Å². The van der Waals surface area contributed by atoms with Crippen LogP contribution in [0, 0.1) is 0 Å². The molecule has 0 saturated heterocycles. The molecule has 4 aromatic rings. The lowest BCUT2D eigenvalue weighted by molar-refractivity contribution is -0.0167. The monoisotopic (exact) mass is 420 g/mol. The first-order chi connectivity index (χ1) is 14.9. The molecular weight excluding hydrogens is 404 g/mol. The van der Waals surface area contributed by atoms with Crippen LogP contribution in [0.15, 0.2) is 60.7 Å². The molecule has 8 nitrogen and oxygen atoms in total. The third-order valence-corrected chi connectivity index (χ3v) is 4.79. The van der Waals surface area contributed by atoms with Gasteiger partial charge in [-0.05, 0) is 22.9 Å². The van der Waals surface area contributed by atoms with Gasteiger partial charge in [0, 0.05) is 10.8 Å². The molecule has 0 radical (unpaired) electrons. The summed E-state index contributed by atoms with van der Waals surface area (Å²) in [5.41, 5.74) is -0.561. The van der Waals surface area contributed by atoms with Gasteiger partial charge in [-0.3, -0.25) is 0 Å². The first-order valence-corrected chi connectivity index (χ1v) is 9.10. The summed E-state index contributed by atoms with van der Waals surface area (Å²) in [5, 5.41) is 41.7. The summed E-state index contributed by atoms with van der Waals surface area (Å²) in [6.07, 6.45) is 0. The van der Waals surface area contributed by atoms with Crippen molar-refractivity contribution in [3.63, 3.8) is 0 Å². The molecule has 31 heavy (non-hydrogen) atoms. The summed E-state index contributed by atoms with van der Waals surface area (Å²) < 4.78 is 9.90. The summed E-state index contributed by atoms with van der Waals surface area (Å²) in [5.74, 6) is -4.37. The quantitative estimate of drug-likeness (QED) is 0.223. The number of benzene rings is 4.